The van der Waals surface area contributed by atoms with Gasteiger partial charge in [-0.15, -0.1) is 0 Å². The highest BCUT2D eigenvalue weighted by Crippen LogP contribution is 3.02. The first-order chi connectivity index (χ1) is 19.2. The molecule has 0 radical (unpaired) electrons. The maximum atomic E-state index is 13.4. The fraction of sp³-hybridized carbons (Fsp3) is 0.370. The van der Waals surface area contributed by atoms with Crippen molar-refractivity contribution in [2.45, 2.75) is 36.8 Å². The van der Waals surface area contributed by atoms with Crippen molar-refractivity contribution < 1.29 is 29.4 Å². The van der Waals surface area contributed by atoms with E-state index in [1.54, 1.807) is 15.9 Å². The lowest BCUT2D eigenvalue weighted by Gasteiger charge is -2.52. The number of nitrogens with zero attached hydrogens (tertiary/aromatic N) is 5. The average Bonchev–Trinajstić information content (AvgIpc) is 3.47. The number of halogens is 5. The standard InChI is InChI=1S/C27H27F5N6O2S/c1-17-34-16-38(35-17)24-9-2-18(22-7-8-23(22)24)10-19-11-26(12-33-13-26)14-37-25(19)36-40-27(37,15-39)20-3-5-21(6-4-20)41(28,29,30,31)32/h2-6,9-10,16,33,39H,7-8,11-15H2,1H3. The smallest absolute Gasteiger partial charge is 0.310 e. The van der Waals surface area contributed by atoms with Crippen molar-refractivity contribution in [3.63, 3.8) is 0 Å². The van der Waals surface area contributed by atoms with Crippen molar-refractivity contribution in [2.75, 3.05) is 26.2 Å². The molecule has 0 amide bonds. The van der Waals surface area contributed by atoms with Gasteiger partial charge in [-0.3, -0.25) is 0 Å². The number of piperidine rings is 1. The summed E-state index contributed by atoms with van der Waals surface area (Å²) in [5.41, 5.74) is 3.50. The Morgan fingerprint density at radius 3 is 2.34 bits per heavy atom. The number of oxime groups is 1. The zero-order valence-corrected chi connectivity index (χ0v) is 22.8. The Bertz CT molecular complexity index is 1650. The summed E-state index contributed by atoms with van der Waals surface area (Å²) in [4.78, 5) is 9.79. The number of hydrogen-bond acceptors (Lipinski definition) is 7. The minimum absolute atomic E-state index is 0.101. The molecule has 3 aromatic rings. The number of aliphatic hydroxyl groups is 1. The van der Waals surface area contributed by atoms with E-state index in [4.69, 9.17) is 4.84 Å². The first-order valence-corrected chi connectivity index (χ1v) is 15.1. The van der Waals surface area contributed by atoms with E-state index in [9.17, 15) is 24.5 Å². The molecule has 4 aliphatic rings. The van der Waals surface area contributed by atoms with Gasteiger partial charge in [0.2, 0.25) is 0 Å². The molecule has 2 saturated heterocycles. The summed E-state index contributed by atoms with van der Waals surface area (Å²) >= 11 is 0. The van der Waals surface area contributed by atoms with Crippen molar-refractivity contribution in [3.8, 4) is 5.69 Å². The fourth-order valence-corrected chi connectivity index (χ4v) is 6.91. The number of aliphatic hydroxyl groups excluding tert-OH is 1. The number of fused-ring (bicyclic) bond motifs is 2. The number of aromatic nitrogens is 3. The van der Waals surface area contributed by atoms with Crippen molar-refractivity contribution in [1.82, 2.24) is 25.0 Å². The Labute approximate surface area is 232 Å². The first kappa shape index (κ1) is 26.4. The molecule has 7 rings (SSSR count). The minimum atomic E-state index is -9.86. The number of rotatable bonds is 5. The molecule has 1 unspecified atom stereocenters. The van der Waals surface area contributed by atoms with E-state index in [2.05, 4.69) is 26.6 Å². The van der Waals surface area contributed by atoms with Crippen molar-refractivity contribution in [1.29, 1.82) is 0 Å². The van der Waals surface area contributed by atoms with Gasteiger partial charge in [0.25, 0.3) is 5.72 Å². The molecule has 14 heteroatoms. The third-order valence-corrected chi connectivity index (χ3v) is 9.70. The number of aryl methyl sites for hydroxylation is 1. The predicted molar refractivity (Wildman–Crippen MR) is 143 cm³/mol. The first-order valence-electron chi connectivity index (χ1n) is 13.1. The normalized spacial score (nSPS) is 25.4. The summed E-state index contributed by atoms with van der Waals surface area (Å²) < 4.78 is 68.6. The molecule has 0 bridgehead atoms. The molecule has 2 N–H and O–H groups in total. The van der Waals surface area contributed by atoms with Crippen LogP contribution in [0.5, 0.6) is 0 Å². The van der Waals surface area contributed by atoms with Crippen LogP contribution >= 0.6 is 10.2 Å². The second-order valence-electron chi connectivity index (χ2n) is 11.3. The van der Waals surface area contributed by atoms with E-state index in [0.717, 1.165) is 41.8 Å². The van der Waals surface area contributed by atoms with Crippen LogP contribution in [0, 0.1) is 12.3 Å². The summed E-state index contributed by atoms with van der Waals surface area (Å²) in [5.74, 6) is 1.15. The van der Waals surface area contributed by atoms with E-state index in [1.807, 2.05) is 19.1 Å². The highest BCUT2D eigenvalue weighted by molar-refractivity contribution is 8.45. The lowest BCUT2D eigenvalue weighted by molar-refractivity contribution is -0.148. The maximum Gasteiger partial charge on any atom is 0.310 e. The van der Waals surface area contributed by atoms with E-state index < -0.39 is 27.5 Å². The van der Waals surface area contributed by atoms with Gasteiger partial charge in [0.1, 0.15) is 23.7 Å². The van der Waals surface area contributed by atoms with Gasteiger partial charge < -0.3 is 20.2 Å². The highest BCUT2D eigenvalue weighted by atomic mass is 32.5. The molecule has 1 aromatic heterocycles. The Kier molecular flexibility index (Phi) is 5.07. The van der Waals surface area contributed by atoms with Crippen LogP contribution in [0.25, 0.3) is 11.8 Å². The predicted octanol–water partition coefficient (Wildman–Crippen LogP) is 5.20. The lowest BCUT2D eigenvalue weighted by atomic mass is 9.71. The number of nitrogens with one attached hydrogen (secondary N) is 1. The Morgan fingerprint density at radius 2 is 1.78 bits per heavy atom. The van der Waals surface area contributed by atoms with Gasteiger partial charge in [-0.05, 0) is 72.7 Å². The largest absolute Gasteiger partial charge is 0.390 e. The molecule has 1 spiro atoms. The molecule has 8 nitrogen and oxygen atoms in total. The number of hydrogen-bond donors (Lipinski definition) is 2. The van der Waals surface area contributed by atoms with E-state index >= 15 is 0 Å². The molecular formula is C27H27F5N6O2S. The topological polar surface area (TPSA) is 87.8 Å². The zero-order chi connectivity index (χ0) is 28.9. The van der Waals surface area contributed by atoms with E-state index in [1.165, 1.54) is 11.1 Å². The van der Waals surface area contributed by atoms with Crippen LogP contribution in [0.4, 0.5) is 19.4 Å². The third-order valence-electron chi connectivity index (χ3n) is 8.54. The molecule has 1 atom stereocenters. The summed E-state index contributed by atoms with van der Waals surface area (Å²) in [5, 5.41) is 22.6. The van der Waals surface area contributed by atoms with Crippen molar-refractivity contribution in [2.24, 2.45) is 10.6 Å². The zero-order valence-electron chi connectivity index (χ0n) is 22.0. The second-order valence-corrected chi connectivity index (χ2v) is 13.8. The lowest BCUT2D eigenvalue weighted by Crippen LogP contribution is -2.65. The maximum absolute atomic E-state index is 13.4. The molecule has 3 aliphatic heterocycles. The number of benzene rings is 2. The van der Waals surface area contributed by atoms with E-state index in [0.29, 0.717) is 49.8 Å². The van der Waals surface area contributed by atoms with Crippen LogP contribution in [-0.4, -0.2) is 56.8 Å². The van der Waals surface area contributed by atoms with E-state index in [-0.39, 0.29) is 11.0 Å². The Hall–Kier alpha value is -3.49. The van der Waals surface area contributed by atoms with Crippen LogP contribution in [0.15, 0.2) is 58.3 Å². The van der Waals surface area contributed by atoms with Gasteiger partial charge in [-0.2, -0.15) is 5.10 Å². The Morgan fingerprint density at radius 1 is 1.05 bits per heavy atom. The van der Waals surface area contributed by atoms with Crippen LogP contribution in [0.3, 0.4) is 0 Å². The van der Waals surface area contributed by atoms with Gasteiger partial charge in [0.05, 0.1) is 5.69 Å². The van der Waals surface area contributed by atoms with Gasteiger partial charge in [0.15, 0.2) is 5.84 Å². The monoisotopic (exact) mass is 594 g/mol. The molecule has 2 aromatic carbocycles. The molecule has 1 aliphatic carbocycles. The fourth-order valence-electron chi connectivity index (χ4n) is 6.26. The SMILES string of the molecule is Cc1ncn(-c2ccc(C=C3CC4(CNC4)CN4C3=NOC4(CO)c3ccc(S(F)(F)(F)(F)F)cc3)c3c2CC3)n1. The van der Waals surface area contributed by atoms with Gasteiger partial charge in [-0.25, -0.2) is 9.67 Å². The van der Waals surface area contributed by atoms with Crippen LogP contribution in [-0.2, 0) is 23.4 Å². The molecule has 4 heterocycles. The van der Waals surface area contributed by atoms with Crippen LogP contribution < -0.4 is 5.32 Å². The molecule has 218 valence electrons. The molecule has 41 heavy (non-hydrogen) atoms. The summed E-state index contributed by atoms with van der Waals surface area (Å²) in [6.45, 7) is 3.00. The summed E-state index contributed by atoms with van der Waals surface area (Å²) in [7, 11) is -9.86. The van der Waals surface area contributed by atoms with Crippen LogP contribution in [0.2, 0.25) is 0 Å². The van der Waals surface area contributed by atoms with Crippen molar-refractivity contribution >= 4 is 22.1 Å². The van der Waals surface area contributed by atoms with Gasteiger partial charge in [-0.1, -0.05) is 42.8 Å². The summed E-state index contributed by atoms with van der Waals surface area (Å²) in [6, 6.07) is 6.57. The molecule has 2 fully saturated rings. The van der Waals surface area contributed by atoms with Crippen LogP contribution in [0.1, 0.15) is 34.5 Å². The third kappa shape index (κ3) is 4.14. The molecule has 0 saturated carbocycles. The minimum Gasteiger partial charge on any atom is -0.390 e. The highest BCUT2D eigenvalue weighted by Gasteiger charge is 2.65. The second kappa shape index (κ2) is 7.86. The van der Waals surface area contributed by atoms with Crippen molar-refractivity contribution in [3.05, 3.63) is 76.4 Å². The molecular weight excluding hydrogens is 567 g/mol. The van der Waals surface area contributed by atoms with Gasteiger partial charge >= 0.3 is 10.2 Å². The quantitative estimate of drug-likeness (QED) is 0.395. The Balaban J connectivity index is 1.27. The summed E-state index contributed by atoms with van der Waals surface area (Å²) in [6.07, 6.45) is 6.24. The van der Waals surface area contributed by atoms with Gasteiger partial charge in [0, 0.05) is 30.6 Å². The average molecular weight is 595 g/mol. The number of amidine groups is 1.